The van der Waals surface area contributed by atoms with Crippen molar-refractivity contribution >= 4 is 0 Å². The normalized spacial score (nSPS) is 23.1. The Morgan fingerprint density at radius 2 is 1.90 bits per heavy atom. The van der Waals surface area contributed by atoms with Crippen molar-refractivity contribution in [1.82, 2.24) is 10.2 Å². The standard InChI is InChI=1S/C16H23FN2O/c17-14-7-3-6-13(16(14)20)15(12-4-1-2-5-12)19-10-8-18-9-11-19/h3,6-7,12,15,18,20H,1-2,4-5,8-11H2/t15-/m0/s1. The number of benzene rings is 1. The summed E-state index contributed by atoms with van der Waals surface area (Å²) in [5, 5.41) is 13.5. The minimum absolute atomic E-state index is 0.150. The third-order valence-electron chi connectivity index (χ3n) is 4.73. The van der Waals surface area contributed by atoms with Crippen molar-refractivity contribution in [1.29, 1.82) is 0 Å². The van der Waals surface area contributed by atoms with Crippen molar-refractivity contribution in [3.8, 4) is 5.75 Å². The van der Waals surface area contributed by atoms with E-state index in [1.54, 1.807) is 6.07 Å². The maximum atomic E-state index is 13.7. The SMILES string of the molecule is Oc1c(F)cccc1[C@H](C1CCCC1)N1CCNCC1. The molecule has 4 heteroatoms. The van der Waals surface area contributed by atoms with E-state index in [1.807, 2.05) is 6.07 Å². The van der Waals surface area contributed by atoms with Crippen LogP contribution in [0.4, 0.5) is 4.39 Å². The minimum Gasteiger partial charge on any atom is -0.505 e. The van der Waals surface area contributed by atoms with Gasteiger partial charge in [-0.15, -0.1) is 0 Å². The fraction of sp³-hybridized carbons (Fsp3) is 0.625. The van der Waals surface area contributed by atoms with Crippen LogP contribution in [0.1, 0.15) is 37.3 Å². The topological polar surface area (TPSA) is 35.5 Å². The molecule has 2 aliphatic rings. The number of aromatic hydroxyl groups is 1. The number of phenolic OH excluding ortho intramolecular Hbond substituents is 1. The summed E-state index contributed by atoms with van der Waals surface area (Å²) in [7, 11) is 0. The smallest absolute Gasteiger partial charge is 0.165 e. The van der Waals surface area contributed by atoms with E-state index in [2.05, 4.69) is 10.2 Å². The zero-order valence-electron chi connectivity index (χ0n) is 11.8. The van der Waals surface area contributed by atoms with Gasteiger partial charge in [0.2, 0.25) is 0 Å². The Morgan fingerprint density at radius 1 is 1.20 bits per heavy atom. The summed E-state index contributed by atoms with van der Waals surface area (Å²) in [6.07, 6.45) is 4.88. The molecule has 1 saturated heterocycles. The minimum atomic E-state index is -0.499. The highest BCUT2D eigenvalue weighted by Gasteiger charge is 2.33. The second-order valence-corrected chi connectivity index (χ2v) is 5.95. The van der Waals surface area contributed by atoms with Crippen LogP contribution in [0.15, 0.2) is 18.2 Å². The molecule has 110 valence electrons. The van der Waals surface area contributed by atoms with Crippen LogP contribution < -0.4 is 5.32 Å². The molecule has 0 bridgehead atoms. The average Bonchev–Trinajstić information content (AvgIpc) is 2.99. The molecule has 0 aromatic heterocycles. The van der Waals surface area contributed by atoms with E-state index in [0.717, 1.165) is 31.7 Å². The van der Waals surface area contributed by atoms with Gasteiger partial charge < -0.3 is 10.4 Å². The summed E-state index contributed by atoms with van der Waals surface area (Å²) in [5.41, 5.74) is 0.777. The number of hydrogen-bond acceptors (Lipinski definition) is 3. The molecule has 1 aromatic rings. The fourth-order valence-electron chi connectivity index (χ4n) is 3.75. The molecule has 1 aromatic carbocycles. The van der Waals surface area contributed by atoms with Crippen LogP contribution in [0.25, 0.3) is 0 Å². The summed E-state index contributed by atoms with van der Waals surface area (Å²) in [4.78, 5) is 2.42. The molecule has 1 aliphatic carbocycles. The van der Waals surface area contributed by atoms with Gasteiger partial charge in [-0.05, 0) is 24.8 Å². The quantitative estimate of drug-likeness (QED) is 0.892. The Labute approximate surface area is 119 Å². The van der Waals surface area contributed by atoms with Crippen LogP contribution >= 0.6 is 0 Å². The van der Waals surface area contributed by atoms with E-state index in [1.165, 1.54) is 31.7 Å². The van der Waals surface area contributed by atoms with E-state index in [-0.39, 0.29) is 11.8 Å². The molecule has 1 atom stereocenters. The number of hydrogen-bond donors (Lipinski definition) is 2. The highest BCUT2D eigenvalue weighted by molar-refractivity contribution is 5.36. The first-order chi connectivity index (χ1) is 9.77. The van der Waals surface area contributed by atoms with Crippen molar-refractivity contribution in [3.63, 3.8) is 0 Å². The van der Waals surface area contributed by atoms with Gasteiger partial charge in [0.05, 0.1) is 0 Å². The van der Waals surface area contributed by atoms with Gasteiger partial charge in [0.1, 0.15) is 0 Å². The van der Waals surface area contributed by atoms with Crippen LogP contribution in [0.3, 0.4) is 0 Å². The lowest BCUT2D eigenvalue weighted by Crippen LogP contribution is -2.46. The molecule has 20 heavy (non-hydrogen) atoms. The van der Waals surface area contributed by atoms with Crippen LogP contribution in [-0.2, 0) is 0 Å². The molecule has 2 fully saturated rings. The maximum Gasteiger partial charge on any atom is 0.165 e. The monoisotopic (exact) mass is 278 g/mol. The van der Waals surface area contributed by atoms with Gasteiger partial charge >= 0.3 is 0 Å². The molecule has 1 aliphatic heterocycles. The number of halogens is 1. The molecule has 3 nitrogen and oxygen atoms in total. The average molecular weight is 278 g/mol. The maximum absolute atomic E-state index is 13.7. The Hall–Kier alpha value is -1.13. The largest absolute Gasteiger partial charge is 0.505 e. The molecule has 3 rings (SSSR count). The second kappa shape index (κ2) is 6.10. The van der Waals surface area contributed by atoms with E-state index >= 15 is 0 Å². The lowest BCUT2D eigenvalue weighted by molar-refractivity contribution is 0.123. The van der Waals surface area contributed by atoms with Gasteiger partial charge in [0, 0.05) is 37.8 Å². The van der Waals surface area contributed by atoms with E-state index < -0.39 is 5.82 Å². The Kier molecular flexibility index (Phi) is 4.22. The second-order valence-electron chi connectivity index (χ2n) is 5.95. The van der Waals surface area contributed by atoms with Crippen LogP contribution in [0, 0.1) is 11.7 Å². The molecule has 2 N–H and O–H groups in total. The number of piperazine rings is 1. The predicted octanol–water partition coefficient (Wildman–Crippen LogP) is 2.67. The van der Waals surface area contributed by atoms with Crippen molar-refractivity contribution in [2.24, 2.45) is 5.92 Å². The molecule has 0 radical (unpaired) electrons. The summed E-state index contributed by atoms with van der Waals surface area (Å²) >= 11 is 0. The third kappa shape index (κ3) is 2.67. The zero-order valence-corrected chi connectivity index (χ0v) is 11.8. The first-order valence-electron chi connectivity index (χ1n) is 7.69. The summed E-state index contributed by atoms with van der Waals surface area (Å²) < 4.78 is 13.7. The molecule has 0 unspecified atom stereocenters. The van der Waals surface area contributed by atoms with Crippen LogP contribution in [0.5, 0.6) is 5.75 Å². The van der Waals surface area contributed by atoms with Crippen molar-refractivity contribution in [2.75, 3.05) is 26.2 Å². The van der Waals surface area contributed by atoms with Gasteiger partial charge in [0.15, 0.2) is 11.6 Å². The highest BCUT2D eigenvalue weighted by atomic mass is 19.1. The fourth-order valence-corrected chi connectivity index (χ4v) is 3.75. The van der Waals surface area contributed by atoms with Crippen LogP contribution in [0.2, 0.25) is 0 Å². The van der Waals surface area contributed by atoms with Gasteiger partial charge in [0.25, 0.3) is 0 Å². The molecular weight excluding hydrogens is 255 g/mol. The number of rotatable bonds is 3. The van der Waals surface area contributed by atoms with E-state index in [4.69, 9.17) is 0 Å². The molecular formula is C16H23FN2O. The van der Waals surface area contributed by atoms with Crippen molar-refractivity contribution < 1.29 is 9.50 Å². The zero-order chi connectivity index (χ0) is 13.9. The molecule has 1 heterocycles. The first-order valence-corrected chi connectivity index (χ1v) is 7.69. The number of phenols is 1. The van der Waals surface area contributed by atoms with E-state index in [0.29, 0.717) is 5.92 Å². The van der Waals surface area contributed by atoms with Gasteiger partial charge in [-0.25, -0.2) is 4.39 Å². The van der Waals surface area contributed by atoms with Crippen LogP contribution in [-0.4, -0.2) is 36.2 Å². The van der Waals surface area contributed by atoms with Gasteiger partial charge in [-0.1, -0.05) is 25.0 Å². The summed E-state index contributed by atoms with van der Waals surface area (Å²) in [6.45, 7) is 3.88. The summed E-state index contributed by atoms with van der Waals surface area (Å²) in [6, 6.07) is 5.11. The lowest BCUT2D eigenvalue weighted by Gasteiger charge is -2.38. The molecule has 0 amide bonds. The first kappa shape index (κ1) is 13.8. The highest BCUT2D eigenvalue weighted by Crippen LogP contribution is 2.42. The van der Waals surface area contributed by atoms with E-state index in [9.17, 15) is 9.50 Å². The molecule has 1 saturated carbocycles. The summed E-state index contributed by atoms with van der Waals surface area (Å²) in [5.74, 6) is -0.107. The number of para-hydroxylation sites is 1. The Bertz CT molecular complexity index is 454. The Morgan fingerprint density at radius 3 is 2.60 bits per heavy atom. The van der Waals surface area contributed by atoms with Crippen molar-refractivity contribution in [3.05, 3.63) is 29.6 Å². The predicted molar refractivity (Wildman–Crippen MR) is 77.2 cm³/mol. The van der Waals surface area contributed by atoms with Gasteiger partial charge in [-0.3, -0.25) is 4.90 Å². The lowest BCUT2D eigenvalue weighted by atomic mass is 9.89. The molecule has 0 spiro atoms. The van der Waals surface area contributed by atoms with Crippen molar-refractivity contribution in [2.45, 2.75) is 31.7 Å². The van der Waals surface area contributed by atoms with Gasteiger partial charge in [-0.2, -0.15) is 0 Å². The number of nitrogens with one attached hydrogen (secondary N) is 1. The number of nitrogens with zero attached hydrogens (tertiary/aromatic N) is 1. The third-order valence-corrected chi connectivity index (χ3v) is 4.73. The Balaban J connectivity index is 1.93.